The van der Waals surface area contributed by atoms with Crippen molar-refractivity contribution in [1.82, 2.24) is 10.9 Å². The first kappa shape index (κ1) is 20.2. The lowest BCUT2D eigenvalue weighted by Gasteiger charge is -2.29. The average Bonchev–Trinajstić information content (AvgIpc) is 2.71. The van der Waals surface area contributed by atoms with Gasteiger partial charge in [-0.2, -0.15) is 0 Å². The molecule has 3 N–H and O–H groups in total. The Kier molecular flexibility index (Phi) is 6.33. The summed E-state index contributed by atoms with van der Waals surface area (Å²) in [5.74, 6) is -0.357. The van der Waals surface area contributed by atoms with Crippen molar-refractivity contribution in [2.45, 2.75) is 20.3 Å². The number of ether oxygens (including phenoxy) is 1. The summed E-state index contributed by atoms with van der Waals surface area (Å²) in [4.78, 5) is 37.6. The predicted octanol–water partition coefficient (Wildman–Crippen LogP) is 1.68. The number of hydrogen-bond acceptors (Lipinski definition) is 5. The number of aryl methyl sites for hydroxylation is 2. The number of nitrogens with one attached hydrogen (secondary N) is 3. The van der Waals surface area contributed by atoms with Crippen LogP contribution in [0.5, 0.6) is 5.75 Å². The van der Waals surface area contributed by atoms with Gasteiger partial charge in [0.25, 0.3) is 11.8 Å². The zero-order chi connectivity index (χ0) is 20.8. The number of nitrogens with zero attached hydrogens (tertiary/aromatic N) is 1. The smallest absolute Gasteiger partial charge is 0.265 e. The predicted molar refractivity (Wildman–Crippen MR) is 110 cm³/mol. The van der Waals surface area contributed by atoms with Gasteiger partial charge in [0.15, 0.2) is 6.61 Å². The second-order valence-electron chi connectivity index (χ2n) is 6.82. The van der Waals surface area contributed by atoms with Crippen LogP contribution in [0.25, 0.3) is 0 Å². The molecule has 0 atom stereocenters. The third-order valence-electron chi connectivity index (χ3n) is 4.53. The van der Waals surface area contributed by atoms with Crippen LogP contribution < -0.4 is 25.8 Å². The first-order valence-electron chi connectivity index (χ1n) is 9.35. The van der Waals surface area contributed by atoms with Gasteiger partial charge in [-0.3, -0.25) is 25.2 Å². The molecule has 2 aromatic rings. The van der Waals surface area contributed by atoms with E-state index in [1.165, 1.54) is 4.90 Å². The lowest BCUT2D eigenvalue weighted by atomic mass is 10.1. The van der Waals surface area contributed by atoms with E-state index in [9.17, 15) is 14.4 Å². The lowest BCUT2D eigenvalue weighted by Crippen LogP contribution is -2.46. The third kappa shape index (κ3) is 5.25. The average molecular weight is 396 g/mol. The molecular formula is C21H24N4O4. The van der Waals surface area contributed by atoms with Gasteiger partial charge >= 0.3 is 0 Å². The maximum atomic E-state index is 12.1. The van der Waals surface area contributed by atoms with Crippen LogP contribution in [-0.2, 0) is 14.4 Å². The maximum absolute atomic E-state index is 12.1. The number of carbonyl (C=O) groups excluding carboxylic acids is 3. The van der Waals surface area contributed by atoms with Gasteiger partial charge in [-0.05, 0) is 37.6 Å². The summed E-state index contributed by atoms with van der Waals surface area (Å²) in [5.41, 5.74) is 8.43. The minimum Gasteiger partial charge on any atom is -0.482 e. The number of hydrazine groups is 1. The monoisotopic (exact) mass is 396 g/mol. The van der Waals surface area contributed by atoms with E-state index in [0.717, 1.165) is 16.8 Å². The van der Waals surface area contributed by atoms with Crippen LogP contribution in [0.4, 0.5) is 11.4 Å². The molecule has 2 aromatic carbocycles. The molecule has 0 fully saturated rings. The van der Waals surface area contributed by atoms with Gasteiger partial charge in [0.05, 0.1) is 12.2 Å². The highest BCUT2D eigenvalue weighted by molar-refractivity contribution is 5.98. The number of amides is 3. The third-order valence-corrected chi connectivity index (χ3v) is 4.53. The fourth-order valence-electron chi connectivity index (χ4n) is 3.05. The Morgan fingerprint density at radius 3 is 2.62 bits per heavy atom. The van der Waals surface area contributed by atoms with Gasteiger partial charge < -0.3 is 15.0 Å². The summed E-state index contributed by atoms with van der Waals surface area (Å²) in [5, 5.41) is 3.03. The zero-order valence-corrected chi connectivity index (χ0v) is 16.5. The summed E-state index contributed by atoms with van der Waals surface area (Å²) in [6.07, 6.45) is 0.0465. The fourth-order valence-corrected chi connectivity index (χ4v) is 3.05. The van der Waals surface area contributed by atoms with Gasteiger partial charge in [0.2, 0.25) is 5.91 Å². The van der Waals surface area contributed by atoms with Crippen molar-refractivity contribution < 1.29 is 19.1 Å². The molecule has 0 unspecified atom stereocenters. The minimum atomic E-state index is -0.387. The first-order chi connectivity index (χ1) is 13.9. The Labute approximate surface area is 169 Å². The van der Waals surface area contributed by atoms with Gasteiger partial charge in [-0.15, -0.1) is 0 Å². The highest BCUT2D eigenvalue weighted by Crippen LogP contribution is 2.31. The Morgan fingerprint density at radius 1 is 1.07 bits per heavy atom. The molecule has 1 aliphatic rings. The summed E-state index contributed by atoms with van der Waals surface area (Å²) >= 11 is 0. The van der Waals surface area contributed by atoms with Crippen LogP contribution in [0.2, 0.25) is 0 Å². The van der Waals surface area contributed by atoms with Crippen molar-refractivity contribution in [3.63, 3.8) is 0 Å². The summed E-state index contributed by atoms with van der Waals surface area (Å²) in [6.45, 7) is 4.13. The number of anilines is 2. The Hall–Kier alpha value is -3.55. The molecule has 0 spiro atoms. The Balaban J connectivity index is 1.43. The van der Waals surface area contributed by atoms with E-state index >= 15 is 0 Å². The van der Waals surface area contributed by atoms with E-state index in [2.05, 4.69) is 16.2 Å². The number of rotatable bonds is 6. The molecule has 8 nitrogen and oxygen atoms in total. The van der Waals surface area contributed by atoms with Crippen LogP contribution in [0.15, 0.2) is 42.5 Å². The molecule has 0 bridgehead atoms. The van der Waals surface area contributed by atoms with Crippen molar-refractivity contribution in [3.8, 4) is 5.75 Å². The van der Waals surface area contributed by atoms with E-state index in [0.29, 0.717) is 11.4 Å². The standard InChI is InChI=1S/C21H24N4O4/c1-14-7-8-16(15(2)11-14)22-12-20(27)24-23-19(26)9-10-25-17-5-3-4-6-18(17)29-13-21(25)28/h3-8,11,22H,9-10,12-13H2,1-2H3,(H,23,26)(H,24,27). The van der Waals surface area contributed by atoms with E-state index in [4.69, 9.17) is 4.74 Å². The SMILES string of the molecule is Cc1ccc(NCC(=O)NNC(=O)CCN2C(=O)COc3ccccc32)c(C)c1. The van der Waals surface area contributed by atoms with Crippen LogP contribution in [0, 0.1) is 13.8 Å². The van der Waals surface area contributed by atoms with E-state index < -0.39 is 0 Å². The van der Waals surface area contributed by atoms with Crippen LogP contribution in [0.1, 0.15) is 17.5 Å². The van der Waals surface area contributed by atoms with Gasteiger partial charge in [0, 0.05) is 18.7 Å². The second kappa shape index (κ2) is 9.09. The van der Waals surface area contributed by atoms with Crippen LogP contribution in [0.3, 0.4) is 0 Å². The van der Waals surface area contributed by atoms with Crippen molar-refractivity contribution in [2.24, 2.45) is 0 Å². The fraction of sp³-hybridized carbons (Fsp3) is 0.286. The van der Waals surface area contributed by atoms with Crippen molar-refractivity contribution in [3.05, 3.63) is 53.6 Å². The second-order valence-corrected chi connectivity index (χ2v) is 6.82. The molecule has 0 radical (unpaired) electrons. The quantitative estimate of drug-likeness (QED) is 0.645. The summed E-state index contributed by atoms with van der Waals surface area (Å²) in [7, 11) is 0. The number of para-hydroxylation sites is 2. The molecule has 1 aliphatic heterocycles. The molecule has 152 valence electrons. The molecule has 3 amide bonds. The van der Waals surface area contributed by atoms with E-state index in [1.807, 2.05) is 38.1 Å². The van der Waals surface area contributed by atoms with E-state index in [1.54, 1.807) is 18.2 Å². The van der Waals surface area contributed by atoms with Crippen molar-refractivity contribution in [1.29, 1.82) is 0 Å². The lowest BCUT2D eigenvalue weighted by molar-refractivity contribution is -0.128. The molecule has 0 saturated heterocycles. The molecule has 8 heteroatoms. The molecule has 3 rings (SSSR count). The number of hydrogen-bond donors (Lipinski definition) is 3. The van der Waals surface area contributed by atoms with Crippen LogP contribution in [-0.4, -0.2) is 37.4 Å². The molecule has 0 aliphatic carbocycles. The van der Waals surface area contributed by atoms with E-state index in [-0.39, 0.29) is 43.8 Å². The van der Waals surface area contributed by atoms with Gasteiger partial charge in [-0.25, -0.2) is 0 Å². The highest BCUT2D eigenvalue weighted by Gasteiger charge is 2.25. The normalized spacial score (nSPS) is 12.6. The topological polar surface area (TPSA) is 99.8 Å². The maximum Gasteiger partial charge on any atom is 0.265 e. The molecule has 0 saturated carbocycles. The summed E-state index contributed by atoms with van der Waals surface area (Å²) < 4.78 is 5.37. The zero-order valence-electron chi connectivity index (χ0n) is 16.5. The van der Waals surface area contributed by atoms with Gasteiger partial charge in [-0.1, -0.05) is 29.8 Å². The Morgan fingerprint density at radius 2 is 1.83 bits per heavy atom. The van der Waals surface area contributed by atoms with Gasteiger partial charge in [0.1, 0.15) is 5.75 Å². The number of benzene rings is 2. The number of carbonyl (C=O) groups is 3. The molecule has 29 heavy (non-hydrogen) atoms. The molecule has 1 heterocycles. The minimum absolute atomic E-state index is 0.0273. The molecular weight excluding hydrogens is 372 g/mol. The summed E-state index contributed by atoms with van der Waals surface area (Å²) in [6, 6.07) is 13.1. The van der Waals surface area contributed by atoms with Crippen molar-refractivity contribution in [2.75, 3.05) is 29.9 Å². The Bertz CT molecular complexity index is 929. The van der Waals surface area contributed by atoms with Crippen LogP contribution >= 0.6 is 0 Å². The first-order valence-corrected chi connectivity index (χ1v) is 9.35. The number of fused-ring (bicyclic) bond motifs is 1. The largest absolute Gasteiger partial charge is 0.482 e. The van der Waals surface area contributed by atoms with Crippen molar-refractivity contribution >= 4 is 29.1 Å². The highest BCUT2D eigenvalue weighted by atomic mass is 16.5. The molecule has 0 aromatic heterocycles.